The molecule has 0 aromatic heterocycles. The van der Waals surface area contributed by atoms with E-state index < -0.39 is 29.7 Å². The average molecular weight is 430 g/mol. The molecular weight excluding hydrogens is 398 g/mol. The molecule has 0 spiro atoms. The van der Waals surface area contributed by atoms with Crippen molar-refractivity contribution in [3.63, 3.8) is 0 Å². The number of piperidine rings is 1. The minimum Gasteiger partial charge on any atom is -0.384 e. The van der Waals surface area contributed by atoms with Gasteiger partial charge in [0, 0.05) is 25.3 Å². The molecule has 8 nitrogen and oxygen atoms in total. The minimum absolute atomic E-state index is 0.0980. The van der Waals surface area contributed by atoms with E-state index in [0.717, 1.165) is 11.3 Å². The Hall–Kier alpha value is -2.74. The number of benzene rings is 1. The third kappa shape index (κ3) is 5.12. The van der Waals surface area contributed by atoms with Crippen LogP contribution in [0.25, 0.3) is 0 Å². The highest BCUT2D eigenvalue weighted by molar-refractivity contribution is 6.25. The smallest absolute Gasteiger partial charge is 0.264 e. The number of ether oxygens (including phenoxy) is 1. The molecule has 168 valence electrons. The van der Waals surface area contributed by atoms with Gasteiger partial charge in [-0.2, -0.15) is 0 Å². The molecule has 2 N–H and O–H groups in total. The van der Waals surface area contributed by atoms with Crippen LogP contribution in [0.15, 0.2) is 18.2 Å². The van der Waals surface area contributed by atoms with Crippen LogP contribution in [0.4, 0.5) is 5.69 Å². The lowest BCUT2D eigenvalue weighted by Crippen LogP contribution is -2.54. The first-order valence-corrected chi connectivity index (χ1v) is 10.8. The van der Waals surface area contributed by atoms with Crippen molar-refractivity contribution < 1.29 is 23.9 Å². The van der Waals surface area contributed by atoms with Crippen LogP contribution in [-0.4, -0.2) is 53.3 Å². The monoisotopic (exact) mass is 429 g/mol. The van der Waals surface area contributed by atoms with E-state index in [4.69, 9.17) is 4.74 Å². The van der Waals surface area contributed by atoms with Gasteiger partial charge in [-0.25, -0.2) is 0 Å². The van der Waals surface area contributed by atoms with Crippen molar-refractivity contribution in [1.82, 2.24) is 10.2 Å². The summed E-state index contributed by atoms with van der Waals surface area (Å²) >= 11 is 0. The second-order valence-corrected chi connectivity index (χ2v) is 9.14. The van der Waals surface area contributed by atoms with Gasteiger partial charge in [0.1, 0.15) is 6.04 Å². The van der Waals surface area contributed by atoms with E-state index in [1.165, 1.54) is 0 Å². The summed E-state index contributed by atoms with van der Waals surface area (Å²) in [4.78, 5) is 50.6. The molecule has 0 radical (unpaired) electrons. The molecule has 1 aromatic rings. The van der Waals surface area contributed by atoms with Crippen LogP contribution in [0.2, 0.25) is 0 Å². The van der Waals surface area contributed by atoms with Gasteiger partial charge in [0.15, 0.2) is 0 Å². The summed E-state index contributed by atoms with van der Waals surface area (Å²) in [5, 5.41) is 5.47. The van der Waals surface area contributed by atoms with Crippen LogP contribution in [0.1, 0.15) is 74.1 Å². The van der Waals surface area contributed by atoms with Crippen molar-refractivity contribution in [2.75, 3.05) is 18.5 Å². The molecule has 0 aliphatic carbocycles. The molecule has 2 aliphatic rings. The van der Waals surface area contributed by atoms with E-state index in [9.17, 15) is 19.2 Å². The molecule has 31 heavy (non-hydrogen) atoms. The lowest BCUT2D eigenvalue weighted by Gasteiger charge is -2.28. The number of anilines is 1. The number of rotatable bonds is 9. The summed E-state index contributed by atoms with van der Waals surface area (Å²) < 4.78 is 5.98. The van der Waals surface area contributed by atoms with Crippen LogP contribution in [-0.2, 0) is 14.3 Å². The second-order valence-electron chi connectivity index (χ2n) is 9.14. The normalized spacial score (nSPS) is 19.1. The Bertz CT molecular complexity index is 893. The highest BCUT2D eigenvalue weighted by Gasteiger charge is 2.45. The molecule has 1 unspecified atom stereocenters. The van der Waals surface area contributed by atoms with E-state index in [1.54, 1.807) is 18.2 Å². The molecule has 4 amide bonds. The predicted octanol–water partition coefficient (Wildman–Crippen LogP) is 2.73. The Morgan fingerprint density at radius 1 is 1.19 bits per heavy atom. The van der Waals surface area contributed by atoms with Crippen molar-refractivity contribution in [1.29, 1.82) is 0 Å². The van der Waals surface area contributed by atoms with Crippen molar-refractivity contribution in [3.05, 3.63) is 29.3 Å². The van der Waals surface area contributed by atoms with E-state index in [1.807, 2.05) is 13.8 Å². The van der Waals surface area contributed by atoms with Crippen molar-refractivity contribution >= 4 is 29.3 Å². The van der Waals surface area contributed by atoms with Crippen molar-refractivity contribution in [2.45, 2.75) is 65.0 Å². The fraction of sp³-hybridized carbons (Fsp3) is 0.565. The fourth-order valence-corrected chi connectivity index (χ4v) is 3.80. The molecule has 0 bridgehead atoms. The van der Waals surface area contributed by atoms with Crippen LogP contribution < -0.4 is 10.6 Å². The van der Waals surface area contributed by atoms with Gasteiger partial charge in [-0.15, -0.1) is 0 Å². The molecule has 2 heterocycles. The third-order valence-corrected chi connectivity index (χ3v) is 5.70. The van der Waals surface area contributed by atoms with Crippen molar-refractivity contribution in [2.24, 2.45) is 5.92 Å². The van der Waals surface area contributed by atoms with Gasteiger partial charge in [0.25, 0.3) is 11.8 Å². The molecule has 1 fully saturated rings. The standard InChI is InChI=1S/C23H31N3O5/c1-14(2)10-13-31-23(3,4)11-12-24-16-7-5-6-15-19(16)22(30)26(21(15)29)17-8-9-18(27)25-20(17)28/h5-7,14,17,24H,8-13H2,1-4H3,(H,25,27,28). The first-order chi connectivity index (χ1) is 14.6. The molecule has 1 atom stereocenters. The van der Waals surface area contributed by atoms with Crippen LogP contribution in [0.5, 0.6) is 0 Å². The molecule has 1 saturated heterocycles. The summed E-state index contributed by atoms with van der Waals surface area (Å²) in [6.45, 7) is 9.63. The summed E-state index contributed by atoms with van der Waals surface area (Å²) in [6, 6.07) is 4.09. The number of carbonyl (C=O) groups excluding carboxylic acids is 4. The van der Waals surface area contributed by atoms with Gasteiger partial charge < -0.3 is 10.1 Å². The molecule has 2 aliphatic heterocycles. The number of amides is 4. The van der Waals surface area contributed by atoms with E-state index in [0.29, 0.717) is 31.2 Å². The number of fused-ring (bicyclic) bond motifs is 1. The zero-order chi connectivity index (χ0) is 22.8. The molecule has 0 saturated carbocycles. The zero-order valence-corrected chi connectivity index (χ0v) is 18.6. The summed E-state index contributed by atoms with van der Waals surface area (Å²) in [6.07, 6.45) is 1.95. The first-order valence-electron chi connectivity index (χ1n) is 10.8. The topological polar surface area (TPSA) is 105 Å². The number of hydrogen-bond donors (Lipinski definition) is 2. The SMILES string of the molecule is CC(C)CCOC(C)(C)CCNc1cccc2c1C(=O)N(C1CCC(=O)NC1=O)C2=O. The molecule has 1 aromatic carbocycles. The number of hydrogen-bond acceptors (Lipinski definition) is 6. The van der Waals surface area contributed by atoms with E-state index >= 15 is 0 Å². The minimum atomic E-state index is -0.966. The molecular formula is C23H31N3O5. The summed E-state index contributed by atoms with van der Waals surface area (Å²) in [5.41, 5.74) is 0.782. The first kappa shape index (κ1) is 22.9. The number of imide groups is 2. The van der Waals surface area contributed by atoms with E-state index in [2.05, 4.69) is 24.5 Å². The van der Waals surface area contributed by atoms with Gasteiger partial charge in [-0.3, -0.25) is 29.4 Å². The Balaban J connectivity index is 1.68. The Kier molecular flexibility index (Phi) is 6.79. The Morgan fingerprint density at radius 3 is 2.61 bits per heavy atom. The highest BCUT2D eigenvalue weighted by Crippen LogP contribution is 2.32. The predicted molar refractivity (Wildman–Crippen MR) is 116 cm³/mol. The lowest BCUT2D eigenvalue weighted by atomic mass is 10.0. The Morgan fingerprint density at radius 2 is 1.94 bits per heavy atom. The Labute approximate surface area is 182 Å². The van der Waals surface area contributed by atoms with Crippen LogP contribution in [0, 0.1) is 5.92 Å². The highest BCUT2D eigenvalue weighted by atomic mass is 16.5. The van der Waals surface area contributed by atoms with Gasteiger partial charge in [0.2, 0.25) is 11.8 Å². The average Bonchev–Trinajstić information content (AvgIpc) is 2.93. The maximum atomic E-state index is 13.1. The molecule has 3 rings (SSSR count). The second kappa shape index (κ2) is 9.18. The van der Waals surface area contributed by atoms with Crippen LogP contribution in [0.3, 0.4) is 0 Å². The largest absolute Gasteiger partial charge is 0.384 e. The van der Waals surface area contributed by atoms with E-state index in [-0.39, 0.29) is 29.6 Å². The number of nitrogens with one attached hydrogen (secondary N) is 2. The third-order valence-electron chi connectivity index (χ3n) is 5.70. The zero-order valence-electron chi connectivity index (χ0n) is 18.6. The maximum Gasteiger partial charge on any atom is 0.264 e. The number of carbonyl (C=O) groups is 4. The van der Waals surface area contributed by atoms with Crippen molar-refractivity contribution in [3.8, 4) is 0 Å². The van der Waals surface area contributed by atoms with Gasteiger partial charge >= 0.3 is 0 Å². The summed E-state index contributed by atoms with van der Waals surface area (Å²) in [5.74, 6) is -1.43. The quantitative estimate of drug-likeness (QED) is 0.585. The summed E-state index contributed by atoms with van der Waals surface area (Å²) in [7, 11) is 0. The van der Waals surface area contributed by atoms with Crippen LogP contribution >= 0.6 is 0 Å². The fourth-order valence-electron chi connectivity index (χ4n) is 3.80. The van der Waals surface area contributed by atoms with Gasteiger partial charge in [-0.05, 0) is 51.2 Å². The van der Waals surface area contributed by atoms with Gasteiger partial charge in [-0.1, -0.05) is 19.9 Å². The maximum absolute atomic E-state index is 13.1. The van der Waals surface area contributed by atoms with Gasteiger partial charge in [0.05, 0.1) is 16.7 Å². The molecule has 8 heteroatoms. The number of nitrogens with zero attached hydrogens (tertiary/aromatic N) is 1. The lowest BCUT2D eigenvalue weighted by molar-refractivity contribution is -0.136.